The van der Waals surface area contributed by atoms with Crippen molar-refractivity contribution in [2.75, 3.05) is 7.11 Å². The van der Waals surface area contributed by atoms with Crippen molar-refractivity contribution in [1.82, 2.24) is 10.2 Å². The lowest BCUT2D eigenvalue weighted by atomic mass is 10.1. The number of nitrogens with zero attached hydrogens (tertiary/aromatic N) is 1. The molecule has 4 rings (SSSR count). The molecule has 1 fully saturated rings. The van der Waals surface area contributed by atoms with Crippen LogP contribution in [0.2, 0.25) is 10.0 Å². The van der Waals surface area contributed by atoms with Crippen LogP contribution in [0.1, 0.15) is 29.7 Å². The van der Waals surface area contributed by atoms with E-state index in [0.29, 0.717) is 37.9 Å². The van der Waals surface area contributed by atoms with Gasteiger partial charge >= 0.3 is 0 Å². The van der Waals surface area contributed by atoms with Crippen LogP contribution in [-0.4, -0.2) is 23.0 Å². The Morgan fingerprint density at radius 3 is 2.53 bits per heavy atom. The van der Waals surface area contributed by atoms with E-state index in [2.05, 4.69) is 5.32 Å². The number of hydrogen-bond donors (Lipinski definition) is 1. The van der Waals surface area contributed by atoms with Crippen molar-refractivity contribution in [3.63, 3.8) is 0 Å². The third-order valence-electron chi connectivity index (χ3n) is 5.48. The molecule has 5 nitrogen and oxygen atoms in total. The van der Waals surface area contributed by atoms with E-state index in [1.807, 2.05) is 55.5 Å². The van der Waals surface area contributed by atoms with E-state index < -0.39 is 0 Å². The number of methoxy groups -OCH3 is 1. The molecule has 34 heavy (non-hydrogen) atoms. The third kappa shape index (κ3) is 5.04. The van der Waals surface area contributed by atoms with E-state index in [-0.39, 0.29) is 18.6 Å². The van der Waals surface area contributed by atoms with Gasteiger partial charge < -0.3 is 14.8 Å². The molecule has 1 saturated heterocycles. The Morgan fingerprint density at radius 1 is 1.06 bits per heavy atom. The van der Waals surface area contributed by atoms with Crippen molar-refractivity contribution in [1.29, 1.82) is 0 Å². The summed E-state index contributed by atoms with van der Waals surface area (Å²) in [5, 5.41) is 4.33. The minimum absolute atomic E-state index is 0.209. The van der Waals surface area contributed by atoms with Crippen molar-refractivity contribution < 1.29 is 14.3 Å². The second-order valence-corrected chi connectivity index (χ2v) is 8.87. The Balaban J connectivity index is 1.61. The predicted molar refractivity (Wildman–Crippen MR) is 139 cm³/mol. The molecule has 1 N–H and O–H groups in total. The number of benzene rings is 3. The largest absolute Gasteiger partial charge is 0.493 e. The highest BCUT2D eigenvalue weighted by Gasteiger charge is 2.35. The molecule has 1 aliphatic heterocycles. The van der Waals surface area contributed by atoms with E-state index in [0.717, 1.165) is 11.1 Å². The molecule has 0 aliphatic carbocycles. The number of nitrogens with one attached hydrogen (secondary N) is 1. The van der Waals surface area contributed by atoms with Crippen molar-refractivity contribution >= 4 is 52.5 Å². The molecule has 174 valence electrons. The number of carbonyl (C=O) groups is 1. The van der Waals surface area contributed by atoms with Crippen LogP contribution in [0.15, 0.2) is 72.4 Å². The highest BCUT2D eigenvalue weighted by molar-refractivity contribution is 7.80. The molecule has 1 heterocycles. The zero-order valence-electron chi connectivity index (χ0n) is 18.5. The van der Waals surface area contributed by atoms with Gasteiger partial charge in [-0.25, -0.2) is 0 Å². The van der Waals surface area contributed by atoms with E-state index >= 15 is 0 Å². The number of thiocarbonyl (C=S) groups is 1. The maximum absolute atomic E-state index is 13.3. The standard InChI is InChI=1S/C26H22Cl2N2O3S/c1-16(18-7-4-3-5-8-18)30-25(31)22(29-26(30)34)14-19-9-6-10-23(32-2)24(19)33-15-17-11-12-20(27)21(28)13-17/h3-14,16H,15H2,1-2H3,(H,29,34)/b22-14-. The van der Waals surface area contributed by atoms with E-state index in [1.165, 1.54) is 0 Å². The molecule has 1 amide bonds. The number of ether oxygens (including phenoxy) is 2. The first-order chi connectivity index (χ1) is 16.4. The van der Waals surface area contributed by atoms with Gasteiger partial charge in [-0.1, -0.05) is 71.7 Å². The molecular formula is C26H22Cl2N2O3S. The SMILES string of the molecule is COc1cccc(/C=C2\NC(=S)N(C(C)c3ccccc3)C2=O)c1OCc1ccc(Cl)c(Cl)c1. The smallest absolute Gasteiger partial charge is 0.277 e. The van der Waals surface area contributed by atoms with Crippen LogP contribution in [-0.2, 0) is 11.4 Å². The normalized spacial score (nSPS) is 15.4. The average molecular weight is 513 g/mol. The van der Waals surface area contributed by atoms with E-state index in [1.54, 1.807) is 36.3 Å². The molecule has 3 aromatic rings. The number of halogens is 2. The summed E-state index contributed by atoms with van der Waals surface area (Å²) in [6, 6.07) is 20.3. The van der Waals surface area contributed by atoms with Crippen LogP contribution in [0.3, 0.4) is 0 Å². The van der Waals surface area contributed by atoms with Crippen molar-refractivity contribution in [2.45, 2.75) is 19.6 Å². The summed E-state index contributed by atoms with van der Waals surface area (Å²) in [4.78, 5) is 14.8. The fourth-order valence-corrected chi connectivity index (χ4v) is 4.35. The summed E-state index contributed by atoms with van der Waals surface area (Å²) in [5.41, 5.74) is 2.87. The van der Waals surface area contributed by atoms with Crippen molar-refractivity contribution in [3.8, 4) is 11.5 Å². The minimum Gasteiger partial charge on any atom is -0.493 e. The number of amides is 1. The first-order valence-corrected chi connectivity index (χ1v) is 11.7. The lowest BCUT2D eigenvalue weighted by Crippen LogP contribution is -2.33. The van der Waals surface area contributed by atoms with E-state index in [4.69, 9.17) is 44.9 Å². The molecule has 8 heteroatoms. The van der Waals surface area contributed by atoms with Gasteiger partial charge in [0.2, 0.25) is 0 Å². The van der Waals surface area contributed by atoms with Crippen LogP contribution in [0.5, 0.6) is 11.5 Å². The Morgan fingerprint density at radius 2 is 1.82 bits per heavy atom. The Bertz CT molecular complexity index is 1260. The monoisotopic (exact) mass is 512 g/mol. The maximum Gasteiger partial charge on any atom is 0.277 e. The topological polar surface area (TPSA) is 50.8 Å². The fourth-order valence-electron chi connectivity index (χ4n) is 3.68. The summed E-state index contributed by atoms with van der Waals surface area (Å²) in [7, 11) is 1.57. The van der Waals surface area contributed by atoms with Crippen LogP contribution < -0.4 is 14.8 Å². The first-order valence-electron chi connectivity index (χ1n) is 10.5. The number of hydrogen-bond acceptors (Lipinski definition) is 4. The average Bonchev–Trinajstić information content (AvgIpc) is 3.12. The second kappa shape index (κ2) is 10.5. The van der Waals surface area contributed by atoms with Crippen LogP contribution >= 0.6 is 35.4 Å². The van der Waals surface area contributed by atoms with E-state index in [9.17, 15) is 4.79 Å². The van der Waals surface area contributed by atoms with Gasteiger partial charge in [0.05, 0.1) is 23.2 Å². The number of para-hydroxylation sites is 1. The molecular weight excluding hydrogens is 491 g/mol. The zero-order valence-corrected chi connectivity index (χ0v) is 20.9. The third-order valence-corrected chi connectivity index (χ3v) is 6.51. The first kappa shape index (κ1) is 24.1. The molecule has 3 aromatic carbocycles. The molecule has 0 spiro atoms. The molecule has 0 aromatic heterocycles. The van der Waals surface area contributed by atoms with Gasteiger partial charge in [-0.05, 0) is 54.5 Å². The van der Waals surface area contributed by atoms with Gasteiger partial charge in [0.25, 0.3) is 5.91 Å². The van der Waals surface area contributed by atoms with Crippen LogP contribution in [0.4, 0.5) is 0 Å². The Labute approximate surface area is 213 Å². The lowest BCUT2D eigenvalue weighted by Gasteiger charge is -2.23. The van der Waals surface area contributed by atoms with Gasteiger partial charge in [-0.3, -0.25) is 9.69 Å². The van der Waals surface area contributed by atoms with Crippen molar-refractivity contribution in [2.24, 2.45) is 0 Å². The number of rotatable bonds is 7. The summed E-state index contributed by atoms with van der Waals surface area (Å²) < 4.78 is 11.6. The Hall–Kier alpha value is -3.06. The highest BCUT2D eigenvalue weighted by atomic mass is 35.5. The number of carbonyl (C=O) groups excluding carboxylic acids is 1. The molecule has 0 saturated carbocycles. The molecule has 1 unspecified atom stereocenters. The quantitative estimate of drug-likeness (QED) is 0.293. The van der Waals surface area contributed by atoms with Crippen molar-refractivity contribution in [3.05, 3.63) is 99.2 Å². The fraction of sp³-hybridized carbons (Fsp3) is 0.154. The molecule has 1 atom stereocenters. The van der Waals surface area contributed by atoms with Gasteiger partial charge in [-0.2, -0.15) is 0 Å². The minimum atomic E-state index is -0.213. The van der Waals surface area contributed by atoms with Gasteiger partial charge in [0, 0.05) is 5.56 Å². The van der Waals surface area contributed by atoms with Gasteiger partial charge in [0.1, 0.15) is 12.3 Å². The summed E-state index contributed by atoms with van der Waals surface area (Å²) in [6.45, 7) is 2.19. The van der Waals surface area contributed by atoms with Gasteiger partial charge in [0.15, 0.2) is 16.6 Å². The lowest BCUT2D eigenvalue weighted by molar-refractivity contribution is -0.123. The maximum atomic E-state index is 13.3. The molecule has 0 bridgehead atoms. The second-order valence-electron chi connectivity index (χ2n) is 7.67. The Kier molecular flexibility index (Phi) is 7.41. The summed E-state index contributed by atoms with van der Waals surface area (Å²) >= 11 is 17.6. The molecule has 1 aliphatic rings. The summed E-state index contributed by atoms with van der Waals surface area (Å²) in [6.07, 6.45) is 1.72. The molecule has 0 radical (unpaired) electrons. The van der Waals surface area contributed by atoms with Crippen LogP contribution in [0.25, 0.3) is 6.08 Å². The summed E-state index contributed by atoms with van der Waals surface area (Å²) in [5.74, 6) is 0.829. The predicted octanol–water partition coefficient (Wildman–Crippen LogP) is 6.40. The van der Waals surface area contributed by atoms with Crippen LogP contribution in [0, 0.1) is 0 Å². The highest BCUT2D eigenvalue weighted by Crippen LogP contribution is 2.35. The van der Waals surface area contributed by atoms with Gasteiger partial charge in [-0.15, -0.1) is 0 Å². The zero-order chi connectivity index (χ0) is 24.2.